The van der Waals surface area contributed by atoms with Crippen LogP contribution >= 0.6 is 11.3 Å². The van der Waals surface area contributed by atoms with E-state index >= 15 is 0 Å². The molecule has 2 aromatic heterocycles. The molecule has 2 heterocycles. The van der Waals surface area contributed by atoms with Crippen LogP contribution in [0.4, 0.5) is 10.5 Å². The first-order valence-electron chi connectivity index (χ1n) is 16.0. The molecule has 0 saturated heterocycles. The number of nitrogens with zero attached hydrogens (tertiary/aromatic N) is 3. The van der Waals surface area contributed by atoms with Gasteiger partial charge in [-0.1, -0.05) is 59.9 Å². The summed E-state index contributed by atoms with van der Waals surface area (Å²) < 4.78 is 9.48. The minimum Gasteiger partial charge on any atom is -0.508 e. The second kappa shape index (κ2) is 14.2. The van der Waals surface area contributed by atoms with Gasteiger partial charge in [-0.25, -0.2) is 14.2 Å². The molecule has 49 heavy (non-hydrogen) atoms. The third-order valence-electron chi connectivity index (χ3n) is 8.19. The van der Waals surface area contributed by atoms with Crippen molar-refractivity contribution in [2.75, 3.05) is 5.32 Å². The Morgan fingerprint density at radius 2 is 1.63 bits per heavy atom. The van der Waals surface area contributed by atoms with Crippen molar-refractivity contribution < 1.29 is 28.6 Å². The monoisotopic (exact) mass is 676 g/mol. The van der Waals surface area contributed by atoms with Gasteiger partial charge in [0.15, 0.2) is 5.69 Å². The molecule has 0 aliphatic rings. The Morgan fingerprint density at radius 3 is 2.33 bits per heavy atom. The number of carbonyl (C=O) groups is 3. The fraction of sp³-hybridized carbons (Fsp3) is 0.211. The average Bonchev–Trinajstić information content (AvgIpc) is 3.58. The number of aryl methyl sites for hydroxylation is 1. The second-order valence-electron chi connectivity index (χ2n) is 12.3. The highest BCUT2D eigenvalue weighted by Gasteiger charge is 2.32. The molecule has 0 unspecified atom stereocenters. The van der Waals surface area contributed by atoms with Gasteiger partial charge in [-0.2, -0.15) is 4.40 Å². The van der Waals surface area contributed by atoms with E-state index in [0.717, 1.165) is 37.4 Å². The van der Waals surface area contributed by atoms with E-state index in [1.54, 1.807) is 61.6 Å². The summed E-state index contributed by atoms with van der Waals surface area (Å²) in [5, 5.41) is 15.0. The van der Waals surface area contributed by atoms with Crippen LogP contribution in [-0.2, 0) is 29.0 Å². The van der Waals surface area contributed by atoms with Crippen LogP contribution in [0.25, 0.3) is 15.7 Å². The summed E-state index contributed by atoms with van der Waals surface area (Å²) in [6, 6.07) is 25.9. The molecule has 0 radical (unpaired) electrons. The molecule has 0 spiro atoms. The Labute approximate surface area is 288 Å². The molecule has 0 bridgehead atoms. The molecule has 6 rings (SSSR count). The maximum atomic E-state index is 14.2. The Hall–Kier alpha value is -5.68. The second-order valence-corrected chi connectivity index (χ2v) is 13.5. The predicted molar refractivity (Wildman–Crippen MR) is 190 cm³/mol. The van der Waals surface area contributed by atoms with Crippen LogP contribution < -0.4 is 15.5 Å². The lowest BCUT2D eigenvalue weighted by Crippen LogP contribution is -2.50. The molecule has 11 heteroatoms. The summed E-state index contributed by atoms with van der Waals surface area (Å²) >= 11 is 1.64. The van der Waals surface area contributed by atoms with E-state index in [4.69, 9.17) is 10.5 Å². The van der Waals surface area contributed by atoms with E-state index in [-0.39, 0.29) is 24.8 Å². The number of rotatable bonds is 11. The zero-order valence-corrected chi connectivity index (χ0v) is 28.3. The summed E-state index contributed by atoms with van der Waals surface area (Å²) in [5.41, 5.74) is 9.42. The zero-order chi connectivity index (χ0) is 34.7. The fourth-order valence-electron chi connectivity index (χ4n) is 5.81. The largest absolute Gasteiger partial charge is 0.508 e. The molecule has 0 aliphatic heterocycles. The number of nitrogens with two attached hydrogens (primary N) is 1. The number of nitrogens with one attached hydrogen (secondary N) is 1. The number of hydrogen-bond donors (Lipinski definition) is 3. The number of benzene rings is 4. The number of urea groups is 1. The Bertz CT molecular complexity index is 2140. The number of imidazole rings is 1. The SMILES string of the molecule is Cc1c[n+]2cc(CN(C(=O)Nc3ccc(C(=O)OC(C)C)cc3)[C@@H](Cc3ccc(O)cc3)C(N)=O)n(Cc3ccc4ccccc4c3)c2s1. The van der Waals surface area contributed by atoms with Crippen molar-refractivity contribution >= 4 is 50.7 Å². The first-order chi connectivity index (χ1) is 23.5. The van der Waals surface area contributed by atoms with Gasteiger partial charge >= 0.3 is 17.0 Å². The summed E-state index contributed by atoms with van der Waals surface area (Å²) in [5.74, 6) is -1.04. The van der Waals surface area contributed by atoms with Gasteiger partial charge in [0, 0.05) is 17.0 Å². The van der Waals surface area contributed by atoms with Crippen molar-refractivity contribution in [1.29, 1.82) is 0 Å². The number of thiazole rings is 1. The quantitative estimate of drug-likeness (QED) is 0.111. The number of phenolic OH excluding ortho intramolecular Hbond substituents is 1. The van der Waals surface area contributed by atoms with Crippen LogP contribution in [0.1, 0.15) is 45.9 Å². The number of amides is 3. The van der Waals surface area contributed by atoms with Gasteiger partial charge in [-0.15, -0.1) is 0 Å². The molecule has 1 atom stereocenters. The maximum Gasteiger partial charge on any atom is 0.346 e. The van der Waals surface area contributed by atoms with E-state index in [1.807, 2.05) is 35.9 Å². The van der Waals surface area contributed by atoms with Crippen molar-refractivity contribution in [1.82, 2.24) is 9.47 Å². The van der Waals surface area contributed by atoms with Crippen LogP contribution in [0.2, 0.25) is 0 Å². The standard InChI is InChI=1S/C38H37N5O5S/c1-24(2)48-36(46)29-12-14-31(15-13-29)40-37(47)43(34(35(39)45)19-26-9-16-33(44)17-10-26)23-32-22-41-20-25(3)49-38(41)42(32)21-27-8-11-28-6-4-5-7-30(28)18-27/h4-18,20,22,24,34H,19,21,23H2,1-3H3,(H3-,39,40,44,45,46,47)/p+1/t34-/m0/s1. The van der Waals surface area contributed by atoms with Crippen molar-refractivity contribution in [2.24, 2.45) is 5.73 Å². The number of fused-ring (bicyclic) bond motifs is 2. The van der Waals surface area contributed by atoms with Gasteiger partial charge in [0.25, 0.3) is 0 Å². The molecule has 0 saturated carbocycles. The third-order valence-corrected chi connectivity index (χ3v) is 9.23. The highest BCUT2D eigenvalue weighted by Crippen LogP contribution is 2.24. The van der Waals surface area contributed by atoms with Gasteiger partial charge in [-0.05, 0) is 85.1 Å². The van der Waals surface area contributed by atoms with Gasteiger partial charge in [0.1, 0.15) is 30.7 Å². The number of phenols is 1. The van der Waals surface area contributed by atoms with Crippen LogP contribution in [0, 0.1) is 6.92 Å². The van der Waals surface area contributed by atoms with Crippen LogP contribution in [0.5, 0.6) is 5.75 Å². The van der Waals surface area contributed by atoms with Crippen molar-refractivity contribution in [3.63, 3.8) is 0 Å². The van der Waals surface area contributed by atoms with Gasteiger partial charge in [0.2, 0.25) is 5.91 Å². The summed E-state index contributed by atoms with van der Waals surface area (Å²) in [6.45, 7) is 6.20. The minimum atomic E-state index is -1.03. The number of hydrogen-bond acceptors (Lipinski definition) is 6. The molecule has 0 fully saturated rings. The van der Waals surface area contributed by atoms with Crippen molar-refractivity contribution in [3.8, 4) is 5.75 Å². The molecule has 4 aromatic carbocycles. The Kier molecular flexibility index (Phi) is 9.63. The normalized spacial score (nSPS) is 11.9. The molecule has 3 amide bonds. The first kappa shape index (κ1) is 33.2. The molecule has 10 nitrogen and oxygen atoms in total. The molecular formula is C38H38N5O5S+. The van der Waals surface area contributed by atoms with Crippen molar-refractivity contribution in [2.45, 2.75) is 52.4 Å². The number of anilines is 1. The van der Waals surface area contributed by atoms with E-state index in [1.165, 1.54) is 17.0 Å². The number of aromatic hydroxyl groups is 1. The molecule has 250 valence electrons. The highest BCUT2D eigenvalue weighted by molar-refractivity contribution is 7.16. The molecule has 4 N–H and O–H groups in total. The Morgan fingerprint density at radius 1 is 0.939 bits per heavy atom. The first-order valence-corrected chi connectivity index (χ1v) is 16.8. The van der Waals surface area contributed by atoms with E-state index < -0.39 is 23.9 Å². The van der Waals surface area contributed by atoms with Crippen LogP contribution in [0.3, 0.4) is 0 Å². The lowest BCUT2D eigenvalue weighted by molar-refractivity contribution is -0.506. The van der Waals surface area contributed by atoms with E-state index in [9.17, 15) is 19.5 Å². The number of esters is 1. The smallest absolute Gasteiger partial charge is 0.346 e. The van der Waals surface area contributed by atoms with Crippen LogP contribution in [-0.4, -0.2) is 44.6 Å². The van der Waals surface area contributed by atoms with Gasteiger partial charge in [-0.3, -0.25) is 4.79 Å². The zero-order valence-electron chi connectivity index (χ0n) is 27.5. The lowest BCUT2D eigenvalue weighted by Gasteiger charge is -2.29. The number of primary amides is 1. The molecule has 6 aromatic rings. The van der Waals surface area contributed by atoms with Crippen molar-refractivity contribution in [3.05, 3.63) is 131 Å². The lowest BCUT2D eigenvalue weighted by atomic mass is 10.0. The minimum absolute atomic E-state index is 0.0668. The summed E-state index contributed by atoms with van der Waals surface area (Å²) in [7, 11) is 0. The highest BCUT2D eigenvalue weighted by atomic mass is 32.1. The average molecular weight is 677 g/mol. The van der Waals surface area contributed by atoms with E-state index in [0.29, 0.717) is 17.8 Å². The topological polar surface area (TPSA) is 131 Å². The van der Waals surface area contributed by atoms with Crippen LogP contribution in [0.15, 0.2) is 103 Å². The number of carbonyl (C=O) groups excluding carboxylic acids is 3. The molecular weight excluding hydrogens is 639 g/mol. The summed E-state index contributed by atoms with van der Waals surface area (Å²) in [6.07, 6.45) is 3.89. The summed E-state index contributed by atoms with van der Waals surface area (Å²) in [4.78, 5) is 43.2. The predicted octanol–water partition coefficient (Wildman–Crippen LogP) is 6.20. The molecule has 0 aliphatic carbocycles. The number of aromatic nitrogens is 2. The maximum absolute atomic E-state index is 14.2. The third kappa shape index (κ3) is 7.73. The van der Waals surface area contributed by atoms with Gasteiger partial charge in [0.05, 0.1) is 18.2 Å². The van der Waals surface area contributed by atoms with E-state index in [2.05, 4.69) is 40.2 Å². The fourth-order valence-corrected chi connectivity index (χ4v) is 6.77. The van der Waals surface area contributed by atoms with Gasteiger partial charge < -0.3 is 25.8 Å². The number of ether oxygens (including phenoxy) is 1. The Balaban J connectivity index is 1.35.